The molecule has 2 heterocycles. The van der Waals surface area contributed by atoms with Gasteiger partial charge in [0.2, 0.25) is 0 Å². The number of pyridine rings is 1. The van der Waals surface area contributed by atoms with E-state index in [4.69, 9.17) is 21.3 Å². The number of ether oxygens (including phenoxy) is 1. The first-order valence-corrected chi connectivity index (χ1v) is 12.9. The number of imidazole rings is 1. The van der Waals surface area contributed by atoms with Gasteiger partial charge in [-0.1, -0.05) is 90.5 Å². The predicted molar refractivity (Wildman–Crippen MR) is 149 cm³/mol. The van der Waals surface area contributed by atoms with E-state index in [2.05, 4.69) is 17.4 Å². The lowest BCUT2D eigenvalue weighted by atomic mass is 9.98. The van der Waals surface area contributed by atoms with E-state index < -0.39 is 18.1 Å². The van der Waals surface area contributed by atoms with Crippen LogP contribution in [-0.2, 0) is 16.0 Å². The monoisotopic (exact) mass is 537 g/mol. The third kappa shape index (κ3) is 4.73. The standard InChI is InChI=1S/C31H24ClN3O4/c32-20-14-15-28-34-29(19-8-2-1-3-9-19)27(35(28)17-20)16-26(30(36)37)33-31(38)39-18-25-23-12-6-4-10-21(23)22-11-5-7-13-24(22)25/h1-15,17,25-26H,16,18H2,(H,33,38)(H,36,37). The number of halogens is 1. The van der Waals surface area contributed by atoms with Gasteiger partial charge in [-0.05, 0) is 34.4 Å². The third-order valence-electron chi connectivity index (χ3n) is 7.06. The largest absolute Gasteiger partial charge is 0.480 e. The van der Waals surface area contributed by atoms with Gasteiger partial charge >= 0.3 is 12.1 Å². The highest BCUT2D eigenvalue weighted by atomic mass is 35.5. The summed E-state index contributed by atoms with van der Waals surface area (Å²) in [4.78, 5) is 29.9. The van der Waals surface area contributed by atoms with Crippen LogP contribution in [0.25, 0.3) is 28.0 Å². The van der Waals surface area contributed by atoms with E-state index in [-0.39, 0.29) is 18.9 Å². The smallest absolute Gasteiger partial charge is 0.407 e. The Morgan fingerprint density at radius 3 is 2.23 bits per heavy atom. The summed E-state index contributed by atoms with van der Waals surface area (Å²) >= 11 is 6.25. The van der Waals surface area contributed by atoms with Crippen LogP contribution in [0.3, 0.4) is 0 Å². The van der Waals surface area contributed by atoms with E-state index in [0.717, 1.165) is 27.8 Å². The Morgan fingerprint density at radius 2 is 1.56 bits per heavy atom. The molecule has 0 spiro atoms. The zero-order valence-electron chi connectivity index (χ0n) is 20.8. The van der Waals surface area contributed by atoms with E-state index >= 15 is 0 Å². The van der Waals surface area contributed by atoms with Crippen molar-refractivity contribution in [3.63, 3.8) is 0 Å². The first-order valence-electron chi connectivity index (χ1n) is 12.6. The van der Waals surface area contributed by atoms with E-state index in [0.29, 0.717) is 22.1 Å². The molecule has 1 aliphatic carbocycles. The van der Waals surface area contributed by atoms with Crippen LogP contribution < -0.4 is 5.32 Å². The number of carbonyl (C=O) groups excluding carboxylic acids is 1. The van der Waals surface area contributed by atoms with E-state index in [9.17, 15) is 14.7 Å². The summed E-state index contributed by atoms with van der Waals surface area (Å²) in [5, 5.41) is 13.1. The second kappa shape index (κ2) is 10.3. The van der Waals surface area contributed by atoms with Gasteiger partial charge in [-0.2, -0.15) is 0 Å². The van der Waals surface area contributed by atoms with Crippen LogP contribution in [0.1, 0.15) is 22.7 Å². The number of nitrogens with zero attached hydrogens (tertiary/aromatic N) is 2. The van der Waals surface area contributed by atoms with Crippen molar-refractivity contribution in [2.45, 2.75) is 18.4 Å². The number of amides is 1. The summed E-state index contributed by atoms with van der Waals surface area (Å²) in [5.74, 6) is -1.31. The number of carboxylic acid groups (broad SMARTS) is 1. The number of carbonyl (C=O) groups is 2. The normalized spacial score (nSPS) is 13.1. The van der Waals surface area contributed by atoms with Gasteiger partial charge in [0, 0.05) is 24.1 Å². The molecular formula is C31H24ClN3O4. The zero-order chi connectivity index (χ0) is 26.9. The highest BCUT2D eigenvalue weighted by Crippen LogP contribution is 2.44. The minimum Gasteiger partial charge on any atom is -0.480 e. The number of hydrogen-bond acceptors (Lipinski definition) is 4. The van der Waals surface area contributed by atoms with Crippen molar-refractivity contribution in [3.8, 4) is 22.4 Å². The molecule has 0 radical (unpaired) electrons. The summed E-state index contributed by atoms with van der Waals surface area (Å²) in [6, 6.07) is 27.8. The molecule has 0 bridgehead atoms. The van der Waals surface area contributed by atoms with Gasteiger partial charge in [-0.25, -0.2) is 14.6 Å². The van der Waals surface area contributed by atoms with Crippen LogP contribution >= 0.6 is 11.6 Å². The van der Waals surface area contributed by atoms with Gasteiger partial charge < -0.3 is 19.6 Å². The Balaban J connectivity index is 1.23. The Kier molecular flexibility index (Phi) is 6.50. The summed E-state index contributed by atoms with van der Waals surface area (Å²) in [6.07, 6.45) is 0.876. The van der Waals surface area contributed by atoms with Crippen LogP contribution in [0.4, 0.5) is 4.79 Å². The summed E-state index contributed by atoms with van der Waals surface area (Å²) in [6.45, 7) is 0.0900. The van der Waals surface area contributed by atoms with Crippen molar-refractivity contribution in [2.75, 3.05) is 6.61 Å². The van der Waals surface area contributed by atoms with Crippen LogP contribution in [0.5, 0.6) is 0 Å². The van der Waals surface area contributed by atoms with Gasteiger partial charge in [-0.3, -0.25) is 0 Å². The van der Waals surface area contributed by atoms with Crippen molar-refractivity contribution in [3.05, 3.63) is 119 Å². The second-order valence-electron chi connectivity index (χ2n) is 9.41. The number of aliphatic carboxylic acids is 1. The van der Waals surface area contributed by atoms with Gasteiger partial charge in [0.05, 0.1) is 16.4 Å². The van der Waals surface area contributed by atoms with Gasteiger partial charge in [-0.15, -0.1) is 0 Å². The summed E-state index contributed by atoms with van der Waals surface area (Å²) < 4.78 is 7.37. The van der Waals surface area contributed by atoms with Crippen LogP contribution in [-0.4, -0.2) is 39.2 Å². The molecule has 1 unspecified atom stereocenters. The highest BCUT2D eigenvalue weighted by molar-refractivity contribution is 6.30. The van der Waals surface area contributed by atoms with E-state index in [1.54, 1.807) is 22.7 Å². The fourth-order valence-electron chi connectivity index (χ4n) is 5.27. The fourth-order valence-corrected chi connectivity index (χ4v) is 5.43. The first kappa shape index (κ1) is 24.7. The zero-order valence-corrected chi connectivity index (χ0v) is 21.5. The molecular weight excluding hydrogens is 514 g/mol. The molecule has 3 aromatic carbocycles. The average molecular weight is 538 g/mol. The van der Waals surface area contributed by atoms with Crippen molar-refractivity contribution < 1.29 is 19.4 Å². The molecule has 0 saturated heterocycles. The van der Waals surface area contributed by atoms with Crippen molar-refractivity contribution >= 4 is 29.3 Å². The quantitative estimate of drug-likeness (QED) is 0.258. The average Bonchev–Trinajstić information content (AvgIpc) is 3.47. The lowest BCUT2D eigenvalue weighted by molar-refractivity contribution is -0.139. The van der Waals surface area contributed by atoms with Crippen LogP contribution in [0.2, 0.25) is 5.02 Å². The Bertz CT molecular complexity index is 1650. The number of rotatable bonds is 7. The number of aromatic nitrogens is 2. The Morgan fingerprint density at radius 1 is 0.923 bits per heavy atom. The summed E-state index contributed by atoms with van der Waals surface area (Å²) in [7, 11) is 0. The lowest BCUT2D eigenvalue weighted by Crippen LogP contribution is -2.43. The minimum absolute atomic E-state index is 0.0226. The molecule has 2 N–H and O–H groups in total. The molecule has 2 aromatic heterocycles. The second-order valence-corrected chi connectivity index (χ2v) is 9.85. The third-order valence-corrected chi connectivity index (χ3v) is 7.28. The number of nitrogens with one attached hydrogen (secondary N) is 1. The van der Waals surface area contributed by atoms with Crippen LogP contribution in [0.15, 0.2) is 97.2 Å². The van der Waals surface area contributed by atoms with E-state index in [1.165, 1.54) is 0 Å². The summed E-state index contributed by atoms with van der Waals surface area (Å²) in [5.41, 5.74) is 7.09. The number of carboxylic acids is 1. The maximum absolute atomic E-state index is 12.9. The number of benzene rings is 3. The predicted octanol–water partition coefficient (Wildman–Crippen LogP) is 6.19. The maximum atomic E-state index is 12.9. The molecule has 0 fully saturated rings. The SMILES string of the molecule is O=C(NC(Cc1c(-c2ccccc2)nc2ccc(Cl)cn12)C(=O)O)OCC1c2ccccc2-c2ccccc21. The van der Waals surface area contributed by atoms with Gasteiger partial charge in [0.15, 0.2) is 0 Å². The van der Waals surface area contributed by atoms with Gasteiger partial charge in [0.25, 0.3) is 0 Å². The highest BCUT2D eigenvalue weighted by Gasteiger charge is 2.30. The number of alkyl carbamates (subject to hydrolysis) is 1. The number of hydrogen-bond donors (Lipinski definition) is 2. The Labute approximate surface area is 229 Å². The van der Waals surface area contributed by atoms with Crippen molar-refractivity contribution in [1.82, 2.24) is 14.7 Å². The van der Waals surface area contributed by atoms with Crippen molar-refractivity contribution in [2.24, 2.45) is 0 Å². The van der Waals surface area contributed by atoms with Crippen LogP contribution in [0, 0.1) is 0 Å². The Hall–Kier alpha value is -4.62. The van der Waals surface area contributed by atoms with Gasteiger partial charge in [0.1, 0.15) is 18.3 Å². The lowest BCUT2D eigenvalue weighted by Gasteiger charge is -2.18. The molecule has 39 heavy (non-hydrogen) atoms. The molecule has 7 nitrogen and oxygen atoms in total. The molecule has 0 saturated carbocycles. The van der Waals surface area contributed by atoms with E-state index in [1.807, 2.05) is 66.7 Å². The fraction of sp³-hybridized carbons (Fsp3) is 0.129. The molecule has 5 aromatic rings. The van der Waals surface area contributed by atoms with Crippen molar-refractivity contribution in [1.29, 1.82) is 0 Å². The maximum Gasteiger partial charge on any atom is 0.407 e. The molecule has 0 aliphatic heterocycles. The molecule has 1 aliphatic rings. The molecule has 1 atom stereocenters. The number of fused-ring (bicyclic) bond motifs is 4. The molecule has 6 rings (SSSR count). The first-order chi connectivity index (χ1) is 19.0. The molecule has 194 valence electrons. The molecule has 1 amide bonds. The molecule has 8 heteroatoms. The minimum atomic E-state index is -1.25. The topological polar surface area (TPSA) is 92.9 Å².